The number of carbonyl (C=O) groups excluding carboxylic acids is 1. The fourth-order valence-electron chi connectivity index (χ4n) is 3.83. The Morgan fingerprint density at radius 2 is 1.88 bits per heavy atom. The van der Waals surface area contributed by atoms with Gasteiger partial charge in [0.25, 0.3) is 0 Å². The van der Waals surface area contributed by atoms with Crippen LogP contribution < -0.4 is 0 Å². The van der Waals surface area contributed by atoms with Crippen molar-refractivity contribution in [2.24, 2.45) is 0 Å². The van der Waals surface area contributed by atoms with E-state index < -0.39 is 0 Å². The summed E-state index contributed by atoms with van der Waals surface area (Å²) in [6.07, 6.45) is 6.48. The van der Waals surface area contributed by atoms with E-state index in [1.807, 2.05) is 18.2 Å². The van der Waals surface area contributed by atoms with Crippen LogP contribution in [-0.4, -0.2) is 54.5 Å². The van der Waals surface area contributed by atoms with Crippen LogP contribution in [0.5, 0.6) is 0 Å². The molecule has 1 amide bonds. The lowest BCUT2D eigenvalue weighted by Crippen LogP contribution is -2.48. The molecule has 4 nitrogen and oxygen atoms in total. The van der Waals surface area contributed by atoms with Crippen molar-refractivity contribution in [2.45, 2.75) is 51.2 Å². The molecule has 2 saturated heterocycles. The molecule has 2 fully saturated rings. The number of likely N-dealkylation sites (tertiary alicyclic amines) is 2. The van der Waals surface area contributed by atoms with E-state index in [9.17, 15) is 4.79 Å². The van der Waals surface area contributed by atoms with Gasteiger partial charge in [0.05, 0.1) is 6.61 Å². The molecule has 0 bridgehead atoms. The molecule has 3 rings (SSSR count). The van der Waals surface area contributed by atoms with E-state index in [2.05, 4.69) is 21.9 Å². The lowest BCUT2D eigenvalue weighted by Gasteiger charge is -2.37. The zero-order chi connectivity index (χ0) is 16.6. The highest BCUT2D eigenvalue weighted by Gasteiger charge is 2.28. The summed E-state index contributed by atoms with van der Waals surface area (Å²) in [4.78, 5) is 17.1. The highest BCUT2D eigenvalue weighted by atomic mass is 16.5. The van der Waals surface area contributed by atoms with Gasteiger partial charge >= 0.3 is 0 Å². The van der Waals surface area contributed by atoms with Gasteiger partial charge in [-0.05, 0) is 50.8 Å². The Morgan fingerprint density at radius 3 is 2.67 bits per heavy atom. The van der Waals surface area contributed by atoms with Crippen molar-refractivity contribution in [3.8, 4) is 0 Å². The van der Waals surface area contributed by atoms with Gasteiger partial charge in [-0.2, -0.15) is 0 Å². The van der Waals surface area contributed by atoms with Gasteiger partial charge in [0.1, 0.15) is 0 Å². The Hall–Kier alpha value is -1.39. The van der Waals surface area contributed by atoms with Gasteiger partial charge in [-0.25, -0.2) is 0 Å². The third-order valence-electron chi connectivity index (χ3n) is 5.20. The predicted molar refractivity (Wildman–Crippen MR) is 95.7 cm³/mol. The third-order valence-corrected chi connectivity index (χ3v) is 5.20. The molecular weight excluding hydrogens is 300 g/mol. The standard InChI is InChI=1S/C20H30N2O2/c23-20(11-7-15-24-17-18-8-2-1-3-9-18)22-14-6-10-19(16-22)21-12-4-5-13-21/h1-3,8-9,19H,4-7,10-17H2/t19-/m0/s1. The molecule has 0 unspecified atom stereocenters. The second-order valence-corrected chi connectivity index (χ2v) is 7.02. The average molecular weight is 330 g/mol. The Balaban J connectivity index is 1.32. The lowest BCUT2D eigenvalue weighted by atomic mass is 10.0. The van der Waals surface area contributed by atoms with Crippen molar-refractivity contribution in [1.29, 1.82) is 0 Å². The van der Waals surface area contributed by atoms with Crippen molar-refractivity contribution < 1.29 is 9.53 Å². The summed E-state index contributed by atoms with van der Waals surface area (Å²) in [6, 6.07) is 10.8. The normalized spacial score (nSPS) is 22.0. The van der Waals surface area contributed by atoms with E-state index in [4.69, 9.17) is 4.74 Å². The molecule has 2 aliphatic heterocycles. The molecule has 0 aliphatic carbocycles. The zero-order valence-corrected chi connectivity index (χ0v) is 14.7. The van der Waals surface area contributed by atoms with Crippen molar-refractivity contribution in [3.63, 3.8) is 0 Å². The summed E-state index contributed by atoms with van der Waals surface area (Å²) in [5.74, 6) is 0.308. The number of nitrogens with zero attached hydrogens (tertiary/aromatic N) is 2. The fourth-order valence-corrected chi connectivity index (χ4v) is 3.83. The van der Waals surface area contributed by atoms with Crippen LogP contribution in [0, 0.1) is 0 Å². The second kappa shape index (κ2) is 9.19. The lowest BCUT2D eigenvalue weighted by molar-refractivity contribution is -0.133. The maximum atomic E-state index is 12.4. The van der Waals surface area contributed by atoms with Crippen LogP contribution in [0.3, 0.4) is 0 Å². The van der Waals surface area contributed by atoms with Crippen LogP contribution in [0.1, 0.15) is 44.1 Å². The van der Waals surface area contributed by atoms with Crippen molar-refractivity contribution >= 4 is 5.91 Å². The van der Waals surface area contributed by atoms with Crippen LogP contribution in [-0.2, 0) is 16.1 Å². The molecule has 2 aliphatic rings. The Morgan fingerprint density at radius 1 is 1.08 bits per heavy atom. The molecule has 4 heteroatoms. The van der Waals surface area contributed by atoms with Gasteiger partial charge in [-0.3, -0.25) is 9.69 Å². The first-order chi connectivity index (χ1) is 11.8. The molecular formula is C20H30N2O2. The molecule has 1 aromatic carbocycles. The molecule has 0 radical (unpaired) electrons. The largest absolute Gasteiger partial charge is 0.377 e. The summed E-state index contributed by atoms with van der Waals surface area (Å²) >= 11 is 0. The predicted octanol–water partition coefficient (Wildman–Crippen LogP) is 3.07. The highest BCUT2D eigenvalue weighted by Crippen LogP contribution is 2.21. The molecule has 1 atom stereocenters. The SMILES string of the molecule is O=C(CCCOCc1ccccc1)N1CCC[C@H](N2CCCC2)C1. The smallest absolute Gasteiger partial charge is 0.222 e. The minimum Gasteiger partial charge on any atom is -0.377 e. The summed E-state index contributed by atoms with van der Waals surface area (Å²) in [5, 5.41) is 0. The van der Waals surface area contributed by atoms with Gasteiger partial charge in [-0.15, -0.1) is 0 Å². The summed E-state index contributed by atoms with van der Waals surface area (Å²) in [6.45, 7) is 5.61. The van der Waals surface area contributed by atoms with Gasteiger partial charge in [-0.1, -0.05) is 30.3 Å². The van der Waals surface area contributed by atoms with Crippen LogP contribution in [0.4, 0.5) is 0 Å². The Labute approximate surface area is 145 Å². The maximum Gasteiger partial charge on any atom is 0.222 e. The molecule has 2 heterocycles. The van der Waals surface area contributed by atoms with Crippen LogP contribution in [0.2, 0.25) is 0 Å². The topological polar surface area (TPSA) is 32.8 Å². The molecule has 24 heavy (non-hydrogen) atoms. The van der Waals surface area contributed by atoms with Crippen LogP contribution >= 0.6 is 0 Å². The van der Waals surface area contributed by atoms with Gasteiger partial charge < -0.3 is 9.64 Å². The van der Waals surface area contributed by atoms with Gasteiger partial charge in [0.15, 0.2) is 0 Å². The molecule has 1 aromatic rings. The van der Waals surface area contributed by atoms with E-state index in [0.717, 1.165) is 25.9 Å². The van der Waals surface area contributed by atoms with Crippen LogP contribution in [0.25, 0.3) is 0 Å². The number of benzene rings is 1. The third kappa shape index (κ3) is 5.05. The quantitative estimate of drug-likeness (QED) is 0.720. The summed E-state index contributed by atoms with van der Waals surface area (Å²) in [5.41, 5.74) is 1.19. The number of hydrogen-bond acceptors (Lipinski definition) is 3. The molecule has 132 valence electrons. The second-order valence-electron chi connectivity index (χ2n) is 7.02. The van der Waals surface area contributed by atoms with E-state index in [-0.39, 0.29) is 0 Å². The molecule has 0 saturated carbocycles. The number of amides is 1. The van der Waals surface area contributed by atoms with Gasteiger partial charge in [0, 0.05) is 32.2 Å². The Bertz CT molecular complexity index is 500. The number of rotatable bonds is 7. The van der Waals surface area contributed by atoms with E-state index in [1.165, 1.54) is 37.9 Å². The minimum atomic E-state index is 0.308. The minimum absolute atomic E-state index is 0.308. The van der Waals surface area contributed by atoms with E-state index >= 15 is 0 Å². The molecule has 0 N–H and O–H groups in total. The van der Waals surface area contributed by atoms with Crippen molar-refractivity contribution in [3.05, 3.63) is 35.9 Å². The summed E-state index contributed by atoms with van der Waals surface area (Å²) in [7, 11) is 0. The average Bonchev–Trinajstić information content (AvgIpc) is 3.17. The molecule has 0 spiro atoms. The number of hydrogen-bond donors (Lipinski definition) is 0. The molecule has 0 aromatic heterocycles. The van der Waals surface area contributed by atoms with Crippen molar-refractivity contribution in [1.82, 2.24) is 9.80 Å². The van der Waals surface area contributed by atoms with E-state index in [1.54, 1.807) is 0 Å². The first kappa shape index (κ1) is 17.4. The first-order valence-electron chi connectivity index (χ1n) is 9.46. The Kier molecular flexibility index (Phi) is 6.67. The number of ether oxygens (including phenoxy) is 1. The van der Waals surface area contributed by atoms with Crippen LogP contribution in [0.15, 0.2) is 30.3 Å². The summed E-state index contributed by atoms with van der Waals surface area (Å²) < 4.78 is 5.68. The fraction of sp³-hybridized carbons (Fsp3) is 0.650. The highest BCUT2D eigenvalue weighted by molar-refractivity contribution is 5.76. The maximum absolute atomic E-state index is 12.4. The van der Waals surface area contributed by atoms with E-state index in [0.29, 0.717) is 31.6 Å². The number of piperidine rings is 1. The zero-order valence-electron chi connectivity index (χ0n) is 14.7. The van der Waals surface area contributed by atoms with Crippen molar-refractivity contribution in [2.75, 3.05) is 32.8 Å². The van der Waals surface area contributed by atoms with Gasteiger partial charge in [0.2, 0.25) is 5.91 Å². The first-order valence-corrected chi connectivity index (χ1v) is 9.46. The number of carbonyl (C=O) groups is 1. The monoisotopic (exact) mass is 330 g/mol.